The molecule has 3 aromatic carbocycles. The van der Waals surface area contributed by atoms with Gasteiger partial charge < -0.3 is 19.1 Å². The molecule has 1 heterocycles. The van der Waals surface area contributed by atoms with Gasteiger partial charge in [-0.05, 0) is 49.2 Å². The van der Waals surface area contributed by atoms with E-state index in [4.69, 9.17) is 14.2 Å². The fourth-order valence-corrected chi connectivity index (χ4v) is 4.37. The summed E-state index contributed by atoms with van der Waals surface area (Å²) >= 11 is 0. The Morgan fingerprint density at radius 3 is 2.28 bits per heavy atom. The Bertz CT molecular complexity index is 1100. The van der Waals surface area contributed by atoms with Gasteiger partial charge in [0.1, 0.15) is 11.5 Å². The van der Waals surface area contributed by atoms with E-state index >= 15 is 0 Å². The van der Waals surface area contributed by atoms with Crippen LogP contribution < -0.4 is 9.47 Å². The number of nitrogens with zero attached hydrogens (tertiary/aromatic N) is 2. The third-order valence-corrected chi connectivity index (χ3v) is 6.55. The molecule has 3 aromatic rings. The van der Waals surface area contributed by atoms with Crippen LogP contribution in [0.3, 0.4) is 0 Å². The Morgan fingerprint density at radius 1 is 0.889 bits per heavy atom. The number of ether oxygens (including phenoxy) is 3. The van der Waals surface area contributed by atoms with Crippen molar-refractivity contribution >= 4 is 5.91 Å². The molecule has 1 saturated heterocycles. The van der Waals surface area contributed by atoms with E-state index in [1.165, 1.54) is 5.56 Å². The standard InChI is InChI=1S/C30H36N2O4/c1-23-12-14-25(15-13-23)22-35-29(26-8-7-11-28(20-26)34-3)21-31-16-18-32(19-17-31)30(33)24(2)36-27-9-5-4-6-10-27/h4-15,20,24,29H,16-19,21-22H2,1-3H3/t24-,29-/m0/s1. The van der Waals surface area contributed by atoms with Crippen LogP contribution in [0.1, 0.15) is 29.7 Å². The molecule has 1 aliphatic heterocycles. The van der Waals surface area contributed by atoms with Gasteiger partial charge >= 0.3 is 0 Å². The smallest absolute Gasteiger partial charge is 0.263 e. The first-order valence-corrected chi connectivity index (χ1v) is 12.6. The number of aryl methyl sites for hydroxylation is 1. The van der Waals surface area contributed by atoms with E-state index in [-0.39, 0.29) is 12.0 Å². The third-order valence-electron chi connectivity index (χ3n) is 6.55. The summed E-state index contributed by atoms with van der Waals surface area (Å²) in [7, 11) is 1.68. The number of para-hydroxylation sites is 1. The lowest BCUT2D eigenvalue weighted by atomic mass is 10.1. The summed E-state index contributed by atoms with van der Waals surface area (Å²) in [5.41, 5.74) is 3.47. The fraction of sp³-hybridized carbons (Fsp3) is 0.367. The molecular weight excluding hydrogens is 452 g/mol. The van der Waals surface area contributed by atoms with Gasteiger partial charge in [-0.2, -0.15) is 0 Å². The van der Waals surface area contributed by atoms with Crippen molar-refractivity contribution < 1.29 is 19.0 Å². The zero-order valence-corrected chi connectivity index (χ0v) is 21.4. The van der Waals surface area contributed by atoms with Crippen molar-refractivity contribution in [2.45, 2.75) is 32.7 Å². The van der Waals surface area contributed by atoms with Crippen LogP contribution in [0.2, 0.25) is 0 Å². The molecule has 0 unspecified atom stereocenters. The molecule has 4 rings (SSSR count). The molecule has 2 atom stereocenters. The van der Waals surface area contributed by atoms with Crippen LogP contribution in [0.15, 0.2) is 78.9 Å². The van der Waals surface area contributed by atoms with Crippen molar-refractivity contribution in [1.29, 1.82) is 0 Å². The Morgan fingerprint density at radius 2 is 1.58 bits per heavy atom. The van der Waals surface area contributed by atoms with Gasteiger partial charge in [-0.25, -0.2) is 0 Å². The second kappa shape index (κ2) is 12.6. The van der Waals surface area contributed by atoms with Crippen LogP contribution in [0, 0.1) is 6.92 Å². The average molecular weight is 489 g/mol. The Balaban J connectivity index is 1.35. The van der Waals surface area contributed by atoms with E-state index in [2.05, 4.69) is 42.2 Å². The number of hydrogen-bond donors (Lipinski definition) is 0. The molecule has 190 valence electrons. The SMILES string of the molecule is COc1cccc([C@H](CN2CCN(C(=O)[C@H](C)Oc3ccccc3)CC2)OCc2ccc(C)cc2)c1. The highest BCUT2D eigenvalue weighted by Gasteiger charge is 2.27. The second-order valence-electron chi connectivity index (χ2n) is 9.26. The van der Waals surface area contributed by atoms with Crippen molar-refractivity contribution in [3.05, 3.63) is 95.6 Å². The zero-order chi connectivity index (χ0) is 25.3. The van der Waals surface area contributed by atoms with Crippen LogP contribution in [-0.2, 0) is 16.1 Å². The molecule has 0 spiro atoms. The zero-order valence-electron chi connectivity index (χ0n) is 21.4. The molecule has 1 fully saturated rings. The summed E-state index contributed by atoms with van der Waals surface area (Å²) in [6.07, 6.45) is -0.620. The lowest BCUT2D eigenvalue weighted by Crippen LogP contribution is -2.52. The maximum absolute atomic E-state index is 13.0. The van der Waals surface area contributed by atoms with Gasteiger partial charge in [0, 0.05) is 32.7 Å². The van der Waals surface area contributed by atoms with Crippen LogP contribution in [-0.4, -0.2) is 61.6 Å². The molecule has 0 N–H and O–H groups in total. The third kappa shape index (κ3) is 7.09. The van der Waals surface area contributed by atoms with E-state index in [0.29, 0.717) is 25.4 Å². The highest BCUT2D eigenvalue weighted by molar-refractivity contribution is 5.81. The number of amides is 1. The van der Waals surface area contributed by atoms with Crippen LogP contribution in [0.5, 0.6) is 11.5 Å². The van der Waals surface area contributed by atoms with Gasteiger partial charge in [0.05, 0.1) is 19.8 Å². The Hall–Kier alpha value is -3.35. The van der Waals surface area contributed by atoms with Crippen molar-refractivity contribution in [2.24, 2.45) is 0 Å². The Kier molecular flexibility index (Phi) is 8.98. The second-order valence-corrected chi connectivity index (χ2v) is 9.26. The molecule has 36 heavy (non-hydrogen) atoms. The van der Waals surface area contributed by atoms with E-state index in [0.717, 1.165) is 36.5 Å². The largest absolute Gasteiger partial charge is 0.497 e. The number of hydrogen-bond acceptors (Lipinski definition) is 5. The minimum atomic E-state index is -0.513. The molecule has 1 amide bonds. The highest BCUT2D eigenvalue weighted by Crippen LogP contribution is 2.25. The predicted octanol–water partition coefficient (Wildman–Crippen LogP) is 4.87. The molecule has 0 bridgehead atoms. The minimum Gasteiger partial charge on any atom is -0.497 e. The summed E-state index contributed by atoms with van der Waals surface area (Å²) in [6, 6.07) is 26.0. The van der Waals surface area contributed by atoms with Crippen molar-refractivity contribution in [3.8, 4) is 11.5 Å². The van der Waals surface area contributed by atoms with Crippen molar-refractivity contribution in [3.63, 3.8) is 0 Å². The lowest BCUT2D eigenvalue weighted by Gasteiger charge is -2.37. The molecule has 0 saturated carbocycles. The van der Waals surface area contributed by atoms with Gasteiger partial charge in [0.15, 0.2) is 6.10 Å². The number of rotatable bonds is 10. The predicted molar refractivity (Wildman–Crippen MR) is 141 cm³/mol. The maximum atomic E-state index is 13.0. The Labute approximate surface area is 214 Å². The topological polar surface area (TPSA) is 51.2 Å². The van der Waals surface area contributed by atoms with Crippen LogP contribution in [0.4, 0.5) is 0 Å². The normalized spacial score (nSPS) is 15.8. The van der Waals surface area contributed by atoms with Crippen molar-refractivity contribution in [1.82, 2.24) is 9.80 Å². The number of methoxy groups -OCH3 is 1. The van der Waals surface area contributed by atoms with Gasteiger partial charge in [0.2, 0.25) is 0 Å². The molecule has 0 radical (unpaired) electrons. The number of piperazine rings is 1. The fourth-order valence-electron chi connectivity index (χ4n) is 4.37. The van der Waals surface area contributed by atoms with E-state index in [1.807, 2.05) is 60.4 Å². The van der Waals surface area contributed by atoms with Crippen molar-refractivity contribution in [2.75, 3.05) is 39.8 Å². The first-order chi connectivity index (χ1) is 17.5. The molecule has 0 aromatic heterocycles. The summed E-state index contributed by atoms with van der Waals surface area (Å²) in [5.74, 6) is 1.56. The minimum absolute atomic E-state index is 0.0264. The monoisotopic (exact) mass is 488 g/mol. The summed E-state index contributed by atoms with van der Waals surface area (Å²) in [6.45, 7) is 8.11. The number of carbonyl (C=O) groups is 1. The molecule has 6 heteroatoms. The summed E-state index contributed by atoms with van der Waals surface area (Å²) < 4.78 is 17.7. The van der Waals surface area contributed by atoms with Gasteiger partial charge in [-0.1, -0.05) is 60.2 Å². The van der Waals surface area contributed by atoms with Crippen LogP contribution in [0.25, 0.3) is 0 Å². The quantitative estimate of drug-likeness (QED) is 0.407. The summed E-state index contributed by atoms with van der Waals surface area (Å²) in [4.78, 5) is 17.2. The number of carbonyl (C=O) groups excluding carboxylic acids is 1. The van der Waals surface area contributed by atoms with Gasteiger partial charge in [-0.15, -0.1) is 0 Å². The first-order valence-electron chi connectivity index (χ1n) is 12.6. The van der Waals surface area contributed by atoms with E-state index < -0.39 is 6.10 Å². The van der Waals surface area contributed by atoms with E-state index in [9.17, 15) is 4.79 Å². The number of benzene rings is 3. The molecule has 0 aliphatic carbocycles. The molecule has 6 nitrogen and oxygen atoms in total. The molecular formula is C30H36N2O4. The summed E-state index contributed by atoms with van der Waals surface area (Å²) in [5, 5.41) is 0. The molecule has 1 aliphatic rings. The average Bonchev–Trinajstić information content (AvgIpc) is 2.92. The first kappa shape index (κ1) is 25.7. The van der Waals surface area contributed by atoms with Gasteiger partial charge in [0.25, 0.3) is 5.91 Å². The lowest BCUT2D eigenvalue weighted by molar-refractivity contribution is -0.140. The van der Waals surface area contributed by atoms with Gasteiger partial charge in [-0.3, -0.25) is 9.69 Å². The maximum Gasteiger partial charge on any atom is 0.263 e. The van der Waals surface area contributed by atoms with Crippen LogP contribution >= 0.6 is 0 Å². The van der Waals surface area contributed by atoms with E-state index in [1.54, 1.807) is 7.11 Å². The highest BCUT2D eigenvalue weighted by atomic mass is 16.5.